The van der Waals surface area contributed by atoms with Crippen LogP contribution in [0.15, 0.2) is 0 Å². The van der Waals surface area contributed by atoms with E-state index in [1.807, 2.05) is 13.8 Å². The molecule has 1 unspecified atom stereocenters. The number of rotatable bonds is 11. The Bertz CT molecular complexity index is 203. The number of nitrogens with two attached hydrogens (primary N) is 1. The van der Waals surface area contributed by atoms with Crippen LogP contribution in [0.4, 0.5) is 0 Å². The van der Waals surface area contributed by atoms with Gasteiger partial charge in [-0.25, -0.2) is 0 Å². The molecule has 0 amide bonds. The monoisotopic (exact) mass is 295 g/mol. The van der Waals surface area contributed by atoms with Gasteiger partial charge in [0.05, 0.1) is 0 Å². The molecule has 0 aliphatic carbocycles. The standard InChI is InChI=1S/C10H21.C6H13NO2.Na/c1-3-5-7-9-10-8-6-4-2;1-4(2)3-5(7)6(8)9;/h1,3-10H2,2H3;4-5H,3,7H2,1-2H3,(H,8,9);. The van der Waals surface area contributed by atoms with Crippen LogP contribution in [0.2, 0.25) is 3.67 Å². The van der Waals surface area contributed by atoms with E-state index in [1.54, 1.807) is 0 Å². The molecule has 1 atom stereocenters. The molecule has 0 aromatic rings. The van der Waals surface area contributed by atoms with Crippen LogP contribution in [0, 0.1) is 5.92 Å². The maximum absolute atomic E-state index is 10.1. The molecule has 0 aliphatic heterocycles. The van der Waals surface area contributed by atoms with Crippen LogP contribution in [0.5, 0.6) is 0 Å². The molecular formula is C16H34NNaO2. The number of hydrogen-bond donors (Lipinski definition) is 2. The second-order valence-corrected chi connectivity index (χ2v) is 7.05. The van der Waals surface area contributed by atoms with Gasteiger partial charge in [0.1, 0.15) is 6.04 Å². The van der Waals surface area contributed by atoms with Crippen molar-refractivity contribution in [3.05, 3.63) is 0 Å². The zero-order chi connectivity index (χ0) is 15.8. The van der Waals surface area contributed by atoms with Crippen molar-refractivity contribution < 1.29 is 9.90 Å². The van der Waals surface area contributed by atoms with Crippen molar-refractivity contribution in [2.75, 3.05) is 0 Å². The summed E-state index contributed by atoms with van der Waals surface area (Å²) in [7, 11) is 0. The number of hydrogen-bond acceptors (Lipinski definition) is 2. The summed E-state index contributed by atoms with van der Waals surface area (Å²) in [4.78, 5) is 10.1. The van der Waals surface area contributed by atoms with Crippen molar-refractivity contribution in [2.24, 2.45) is 11.7 Å². The van der Waals surface area contributed by atoms with E-state index in [0.29, 0.717) is 12.3 Å². The Balaban J connectivity index is 0. The summed E-state index contributed by atoms with van der Waals surface area (Å²) >= 11 is 1.41. The first-order chi connectivity index (χ1) is 9.45. The molecule has 0 spiro atoms. The molecular weight excluding hydrogens is 261 g/mol. The van der Waals surface area contributed by atoms with Crippen LogP contribution >= 0.6 is 0 Å². The number of aliphatic carboxylic acids is 1. The van der Waals surface area contributed by atoms with E-state index in [4.69, 9.17) is 10.8 Å². The fraction of sp³-hybridized carbons (Fsp3) is 0.938. The number of carboxylic acid groups (broad SMARTS) is 1. The Labute approximate surface area is 143 Å². The number of carboxylic acids is 1. The molecule has 3 N–H and O–H groups in total. The fourth-order valence-corrected chi connectivity index (χ4v) is 2.49. The fourth-order valence-electron chi connectivity index (χ4n) is 1.99. The molecule has 0 saturated heterocycles. The molecule has 0 rings (SSSR count). The van der Waals surface area contributed by atoms with Crippen LogP contribution in [-0.4, -0.2) is 45.0 Å². The molecule has 0 fully saturated rings. The van der Waals surface area contributed by atoms with Crippen LogP contribution < -0.4 is 5.73 Å². The van der Waals surface area contributed by atoms with Gasteiger partial charge in [-0.15, -0.1) is 0 Å². The number of unbranched alkanes of at least 4 members (excludes halogenated alkanes) is 7. The van der Waals surface area contributed by atoms with Crippen LogP contribution in [0.3, 0.4) is 0 Å². The second kappa shape index (κ2) is 17.5. The summed E-state index contributed by atoms with van der Waals surface area (Å²) < 4.78 is 1.51. The van der Waals surface area contributed by atoms with Gasteiger partial charge >= 0.3 is 95.9 Å². The van der Waals surface area contributed by atoms with Gasteiger partial charge in [-0.3, -0.25) is 4.79 Å². The van der Waals surface area contributed by atoms with E-state index in [9.17, 15) is 4.79 Å². The predicted octanol–water partition coefficient (Wildman–Crippen LogP) is 4.16. The summed E-state index contributed by atoms with van der Waals surface area (Å²) in [6.45, 7) is 6.17. The Morgan fingerprint density at radius 2 is 1.50 bits per heavy atom. The van der Waals surface area contributed by atoms with Crippen LogP contribution in [0.1, 0.15) is 78.6 Å². The van der Waals surface area contributed by atoms with Crippen LogP contribution in [0.25, 0.3) is 0 Å². The first kappa shape index (κ1) is 22.7. The Morgan fingerprint density at radius 3 is 1.80 bits per heavy atom. The quantitative estimate of drug-likeness (QED) is 0.444. The van der Waals surface area contributed by atoms with E-state index in [-0.39, 0.29) is 0 Å². The summed E-state index contributed by atoms with van der Waals surface area (Å²) in [5.74, 6) is -0.556. The van der Waals surface area contributed by atoms with Crippen LogP contribution in [-0.2, 0) is 4.79 Å². The third kappa shape index (κ3) is 20.7. The minimum atomic E-state index is -0.913. The second-order valence-electron chi connectivity index (χ2n) is 6.05. The summed E-state index contributed by atoms with van der Waals surface area (Å²) in [5.41, 5.74) is 5.22. The SMILES string of the molecule is CC(C)CC(N)C(=O)O.CCCCCCCCC[CH2][Na]. The van der Waals surface area contributed by atoms with E-state index >= 15 is 0 Å². The Hall–Kier alpha value is 0.430. The van der Waals surface area contributed by atoms with E-state index in [0.717, 1.165) is 0 Å². The van der Waals surface area contributed by atoms with Crippen molar-refractivity contribution in [3.63, 3.8) is 0 Å². The van der Waals surface area contributed by atoms with Crippen molar-refractivity contribution in [1.82, 2.24) is 0 Å². The van der Waals surface area contributed by atoms with Crippen molar-refractivity contribution in [2.45, 2.75) is 88.3 Å². The minimum absolute atomic E-state index is 0.357. The van der Waals surface area contributed by atoms with Gasteiger partial charge < -0.3 is 10.8 Å². The van der Waals surface area contributed by atoms with Crippen molar-refractivity contribution in [1.29, 1.82) is 0 Å². The molecule has 0 aromatic heterocycles. The molecule has 3 nitrogen and oxygen atoms in total. The molecule has 0 heterocycles. The van der Waals surface area contributed by atoms with E-state index in [2.05, 4.69) is 6.92 Å². The molecule has 0 saturated carbocycles. The maximum atomic E-state index is 10.1. The molecule has 0 bridgehead atoms. The van der Waals surface area contributed by atoms with Gasteiger partial charge in [-0.05, 0) is 12.3 Å². The molecule has 116 valence electrons. The zero-order valence-corrected chi connectivity index (χ0v) is 16.2. The zero-order valence-electron chi connectivity index (χ0n) is 14.2. The predicted molar refractivity (Wildman–Crippen MR) is 88.2 cm³/mol. The van der Waals surface area contributed by atoms with Crippen molar-refractivity contribution in [3.8, 4) is 0 Å². The molecule has 0 aromatic carbocycles. The van der Waals surface area contributed by atoms with E-state index < -0.39 is 12.0 Å². The number of carbonyl (C=O) groups is 1. The molecule has 4 heteroatoms. The van der Waals surface area contributed by atoms with Crippen molar-refractivity contribution >= 4 is 33.9 Å². The van der Waals surface area contributed by atoms with E-state index in [1.165, 1.54) is 83.0 Å². The summed E-state index contributed by atoms with van der Waals surface area (Å²) in [6, 6.07) is -0.690. The molecule has 0 aliphatic rings. The normalized spacial score (nSPS) is 11.9. The van der Waals surface area contributed by atoms with Gasteiger partial charge in [0.2, 0.25) is 0 Å². The third-order valence-corrected chi connectivity index (χ3v) is 3.96. The average Bonchev–Trinajstić information content (AvgIpc) is 2.38. The first-order valence-corrected chi connectivity index (χ1v) is 9.85. The van der Waals surface area contributed by atoms with Gasteiger partial charge in [0.15, 0.2) is 0 Å². The van der Waals surface area contributed by atoms with Gasteiger partial charge in [0.25, 0.3) is 0 Å². The molecule has 20 heavy (non-hydrogen) atoms. The average molecular weight is 295 g/mol. The summed E-state index contributed by atoms with van der Waals surface area (Å²) in [6.07, 6.45) is 12.3. The third-order valence-electron chi connectivity index (χ3n) is 3.25. The Morgan fingerprint density at radius 1 is 1.05 bits per heavy atom. The molecule has 0 radical (unpaired) electrons. The van der Waals surface area contributed by atoms with Gasteiger partial charge in [-0.2, -0.15) is 0 Å². The summed E-state index contributed by atoms with van der Waals surface area (Å²) in [5, 5.41) is 8.31. The van der Waals surface area contributed by atoms with Gasteiger partial charge in [0, 0.05) is 0 Å². The first-order valence-electron chi connectivity index (χ1n) is 8.44. The Kier molecular flexibility index (Phi) is 19.8. The topological polar surface area (TPSA) is 63.3 Å². The van der Waals surface area contributed by atoms with Gasteiger partial charge in [-0.1, -0.05) is 13.8 Å².